The number of aryl methyl sites for hydroxylation is 1. The third-order valence-electron chi connectivity index (χ3n) is 5.11. The van der Waals surface area contributed by atoms with Crippen molar-refractivity contribution in [1.29, 1.82) is 0 Å². The second-order valence-electron chi connectivity index (χ2n) is 7.40. The van der Waals surface area contributed by atoms with E-state index < -0.39 is 0 Å². The van der Waals surface area contributed by atoms with Crippen LogP contribution < -0.4 is 14.8 Å². The average Bonchev–Trinajstić information content (AvgIpc) is 3.04. The Labute approximate surface area is 186 Å². The van der Waals surface area contributed by atoms with Gasteiger partial charge in [0.05, 0.1) is 18.3 Å². The Morgan fingerprint density at radius 1 is 1.19 bits per heavy atom. The number of halogens is 1. The van der Waals surface area contributed by atoms with E-state index in [1.165, 1.54) is 6.08 Å². The molecule has 1 aromatic heterocycles. The zero-order valence-corrected chi connectivity index (χ0v) is 18.2. The van der Waals surface area contributed by atoms with Gasteiger partial charge in [-0.2, -0.15) is 5.10 Å². The summed E-state index contributed by atoms with van der Waals surface area (Å²) in [6, 6.07) is 15.5. The highest BCUT2D eigenvalue weighted by Gasteiger charge is 2.16. The van der Waals surface area contributed by atoms with Gasteiger partial charge in [0.2, 0.25) is 5.91 Å². The fraction of sp³-hybridized carbons (Fsp3) is 0.250. The topological polar surface area (TPSA) is 65.4 Å². The van der Waals surface area contributed by atoms with Crippen molar-refractivity contribution in [2.24, 2.45) is 0 Å². The Hall–Kier alpha value is -3.25. The molecule has 0 spiro atoms. The summed E-state index contributed by atoms with van der Waals surface area (Å²) in [4.78, 5) is 12.5. The number of carbonyl (C=O) groups is 1. The zero-order valence-electron chi connectivity index (χ0n) is 17.5. The van der Waals surface area contributed by atoms with Gasteiger partial charge in [-0.3, -0.25) is 4.79 Å². The van der Waals surface area contributed by atoms with Crippen molar-refractivity contribution in [2.45, 2.75) is 26.4 Å². The molecule has 2 heterocycles. The van der Waals surface area contributed by atoms with Crippen LogP contribution in [-0.2, 0) is 11.3 Å². The van der Waals surface area contributed by atoms with Crippen molar-refractivity contribution in [2.75, 3.05) is 13.2 Å². The normalized spacial score (nSPS) is 13.9. The highest BCUT2D eigenvalue weighted by atomic mass is 35.5. The van der Waals surface area contributed by atoms with Gasteiger partial charge in [0.1, 0.15) is 18.4 Å². The van der Waals surface area contributed by atoms with Crippen LogP contribution in [0.25, 0.3) is 6.08 Å². The standard InChI is InChI=1S/C24H24ClN3O3/c1-16(19-8-10-21-22(14-19)31-13-12-30-21)26-23(29)11-9-20-17(2)27-28(24(20)25)15-18-6-4-3-5-7-18/h3-11,14,16H,12-13,15H2,1-2H3,(H,26,29). The Balaban J connectivity index is 1.42. The van der Waals surface area contributed by atoms with E-state index in [9.17, 15) is 4.79 Å². The van der Waals surface area contributed by atoms with Crippen molar-refractivity contribution >= 4 is 23.6 Å². The molecule has 0 saturated heterocycles. The molecule has 0 radical (unpaired) electrons. The number of ether oxygens (including phenoxy) is 2. The number of nitrogens with one attached hydrogen (secondary N) is 1. The largest absolute Gasteiger partial charge is 0.486 e. The van der Waals surface area contributed by atoms with Crippen LogP contribution in [0.5, 0.6) is 11.5 Å². The predicted molar refractivity (Wildman–Crippen MR) is 121 cm³/mol. The maximum atomic E-state index is 12.5. The predicted octanol–water partition coefficient (Wildman–Crippen LogP) is 4.56. The fourth-order valence-corrected chi connectivity index (χ4v) is 3.75. The molecular weight excluding hydrogens is 414 g/mol. The van der Waals surface area contributed by atoms with Gasteiger partial charge in [-0.1, -0.05) is 48.0 Å². The molecule has 1 N–H and O–H groups in total. The molecule has 0 bridgehead atoms. The van der Waals surface area contributed by atoms with Gasteiger partial charge in [0.25, 0.3) is 0 Å². The second-order valence-corrected chi connectivity index (χ2v) is 7.76. The molecule has 2 aromatic carbocycles. The van der Waals surface area contributed by atoms with Crippen molar-refractivity contribution in [3.63, 3.8) is 0 Å². The lowest BCUT2D eigenvalue weighted by molar-refractivity contribution is -0.117. The second kappa shape index (κ2) is 9.27. The van der Waals surface area contributed by atoms with Crippen LogP contribution in [-0.4, -0.2) is 28.9 Å². The SMILES string of the molecule is Cc1nn(Cc2ccccc2)c(Cl)c1C=CC(=O)NC(C)c1ccc2c(c1)OCCO2. The molecule has 7 heteroatoms. The van der Waals surface area contributed by atoms with Crippen LogP contribution in [0.3, 0.4) is 0 Å². The number of nitrogens with zero attached hydrogens (tertiary/aromatic N) is 2. The van der Waals surface area contributed by atoms with E-state index in [0.29, 0.717) is 30.7 Å². The van der Waals surface area contributed by atoms with E-state index >= 15 is 0 Å². The first-order chi connectivity index (χ1) is 15.0. The van der Waals surface area contributed by atoms with Crippen LogP contribution >= 0.6 is 11.6 Å². The minimum absolute atomic E-state index is 0.189. The lowest BCUT2D eigenvalue weighted by Gasteiger charge is -2.20. The molecule has 6 nitrogen and oxygen atoms in total. The Bertz CT molecular complexity index is 1110. The quantitative estimate of drug-likeness (QED) is 0.574. The Morgan fingerprint density at radius 3 is 2.71 bits per heavy atom. The van der Waals surface area contributed by atoms with Crippen LogP contribution in [0.15, 0.2) is 54.6 Å². The van der Waals surface area contributed by atoms with Crippen LogP contribution in [0, 0.1) is 6.92 Å². The molecule has 0 saturated carbocycles. The monoisotopic (exact) mass is 437 g/mol. The maximum Gasteiger partial charge on any atom is 0.244 e. The maximum absolute atomic E-state index is 12.5. The summed E-state index contributed by atoms with van der Waals surface area (Å²) in [6.07, 6.45) is 3.19. The lowest BCUT2D eigenvalue weighted by atomic mass is 10.1. The number of fused-ring (bicyclic) bond motifs is 1. The summed E-state index contributed by atoms with van der Waals surface area (Å²) in [5.41, 5.74) is 3.55. The number of hydrogen-bond acceptors (Lipinski definition) is 4. The van der Waals surface area contributed by atoms with Gasteiger partial charge < -0.3 is 14.8 Å². The molecular formula is C24H24ClN3O3. The zero-order chi connectivity index (χ0) is 21.8. The molecule has 4 rings (SSSR count). The minimum atomic E-state index is -0.214. The molecule has 1 amide bonds. The van der Waals surface area contributed by atoms with E-state index in [2.05, 4.69) is 10.4 Å². The Kier molecular flexibility index (Phi) is 6.28. The lowest BCUT2D eigenvalue weighted by Crippen LogP contribution is -2.25. The number of amides is 1. The average molecular weight is 438 g/mol. The van der Waals surface area contributed by atoms with E-state index in [-0.39, 0.29) is 11.9 Å². The fourth-order valence-electron chi connectivity index (χ4n) is 3.45. The minimum Gasteiger partial charge on any atom is -0.486 e. The van der Waals surface area contributed by atoms with E-state index in [4.69, 9.17) is 21.1 Å². The highest BCUT2D eigenvalue weighted by Crippen LogP contribution is 2.32. The first-order valence-electron chi connectivity index (χ1n) is 10.2. The van der Waals surface area contributed by atoms with Crippen molar-refractivity contribution in [3.05, 3.63) is 82.1 Å². The number of benzene rings is 2. The van der Waals surface area contributed by atoms with Gasteiger partial charge in [0.15, 0.2) is 11.5 Å². The molecule has 1 unspecified atom stereocenters. The van der Waals surface area contributed by atoms with Crippen molar-refractivity contribution in [1.82, 2.24) is 15.1 Å². The molecule has 1 aliphatic heterocycles. The molecule has 31 heavy (non-hydrogen) atoms. The van der Waals surface area contributed by atoms with Gasteiger partial charge in [-0.15, -0.1) is 0 Å². The first-order valence-corrected chi connectivity index (χ1v) is 10.5. The third kappa shape index (κ3) is 4.91. The number of hydrogen-bond donors (Lipinski definition) is 1. The highest BCUT2D eigenvalue weighted by molar-refractivity contribution is 6.31. The van der Waals surface area contributed by atoms with Gasteiger partial charge in [-0.25, -0.2) is 4.68 Å². The molecule has 0 aliphatic carbocycles. The Morgan fingerprint density at radius 2 is 1.94 bits per heavy atom. The summed E-state index contributed by atoms with van der Waals surface area (Å²) in [5.74, 6) is 1.22. The van der Waals surface area contributed by atoms with Gasteiger partial charge in [-0.05, 0) is 43.2 Å². The van der Waals surface area contributed by atoms with Crippen LogP contribution in [0.4, 0.5) is 0 Å². The van der Waals surface area contributed by atoms with Crippen LogP contribution in [0.1, 0.15) is 35.3 Å². The summed E-state index contributed by atoms with van der Waals surface area (Å²) >= 11 is 6.52. The van der Waals surface area contributed by atoms with Crippen molar-refractivity contribution < 1.29 is 14.3 Å². The molecule has 0 fully saturated rings. The van der Waals surface area contributed by atoms with E-state index in [1.54, 1.807) is 10.8 Å². The number of rotatable bonds is 6. The smallest absolute Gasteiger partial charge is 0.244 e. The van der Waals surface area contributed by atoms with E-state index in [0.717, 1.165) is 28.1 Å². The van der Waals surface area contributed by atoms with Crippen molar-refractivity contribution in [3.8, 4) is 11.5 Å². The summed E-state index contributed by atoms with van der Waals surface area (Å²) in [6.45, 7) is 5.45. The van der Waals surface area contributed by atoms with Crippen LogP contribution in [0.2, 0.25) is 5.15 Å². The third-order valence-corrected chi connectivity index (χ3v) is 5.51. The number of aromatic nitrogens is 2. The number of carbonyl (C=O) groups excluding carboxylic acids is 1. The summed E-state index contributed by atoms with van der Waals surface area (Å²) < 4.78 is 12.9. The van der Waals surface area contributed by atoms with Gasteiger partial charge in [0, 0.05) is 11.6 Å². The summed E-state index contributed by atoms with van der Waals surface area (Å²) in [5, 5.41) is 7.98. The first kappa shape index (κ1) is 21.0. The van der Waals surface area contributed by atoms with Gasteiger partial charge >= 0.3 is 0 Å². The summed E-state index contributed by atoms with van der Waals surface area (Å²) in [7, 11) is 0. The molecule has 3 aromatic rings. The molecule has 1 atom stereocenters. The molecule has 160 valence electrons. The van der Waals surface area contributed by atoms with E-state index in [1.807, 2.05) is 62.4 Å². The molecule has 1 aliphatic rings.